The minimum Gasteiger partial charge on any atom is -0.397 e. The van der Waals surface area contributed by atoms with Crippen LogP contribution in [0.4, 0.5) is 20.2 Å². The van der Waals surface area contributed by atoms with E-state index in [1.807, 2.05) is 6.07 Å². The number of anilines is 2. The highest BCUT2D eigenvalue weighted by Crippen LogP contribution is 2.35. The molecule has 134 valence electrons. The monoisotopic (exact) mass is 375 g/mol. The van der Waals surface area contributed by atoms with Gasteiger partial charge in [0.2, 0.25) is 0 Å². The largest absolute Gasteiger partial charge is 0.397 e. The molecule has 8 heteroatoms. The maximum Gasteiger partial charge on any atom is 0.268 e. The molecule has 1 amide bonds. The molecule has 0 fully saturated rings. The second-order valence-electron chi connectivity index (χ2n) is 6.48. The van der Waals surface area contributed by atoms with Crippen LogP contribution in [0.15, 0.2) is 24.3 Å². The van der Waals surface area contributed by atoms with Crippen LogP contribution in [0.3, 0.4) is 0 Å². The first kappa shape index (κ1) is 16.9. The predicted octanol–water partition coefficient (Wildman–Crippen LogP) is 1.98. The molecule has 0 radical (unpaired) electrons. The Balaban J connectivity index is 1.73. The second kappa shape index (κ2) is 6.30. The van der Waals surface area contributed by atoms with Gasteiger partial charge in [0.25, 0.3) is 5.91 Å². The van der Waals surface area contributed by atoms with Crippen molar-refractivity contribution in [1.82, 2.24) is 4.98 Å². The van der Waals surface area contributed by atoms with E-state index in [0.29, 0.717) is 10.2 Å². The van der Waals surface area contributed by atoms with Crippen molar-refractivity contribution in [2.75, 3.05) is 24.6 Å². The lowest BCUT2D eigenvalue weighted by atomic mass is 10.0. The highest BCUT2D eigenvalue weighted by Gasteiger charge is 2.24. The van der Waals surface area contributed by atoms with Gasteiger partial charge in [-0.15, -0.1) is 11.3 Å². The van der Waals surface area contributed by atoms with Gasteiger partial charge in [0, 0.05) is 17.4 Å². The molecular weight excluding hydrogens is 358 g/mol. The highest BCUT2D eigenvalue weighted by atomic mass is 32.1. The Kier molecular flexibility index (Phi) is 4.08. The highest BCUT2D eigenvalue weighted by molar-refractivity contribution is 7.21. The topological polar surface area (TPSA) is 72.5 Å². The molecule has 0 saturated heterocycles. The normalized spacial score (nSPS) is 16.5. The molecule has 0 bridgehead atoms. The van der Waals surface area contributed by atoms with Crippen molar-refractivity contribution in [2.45, 2.75) is 13.0 Å². The average Bonchev–Trinajstić information content (AvgIpc) is 2.92. The number of carbonyl (C=O) groups excluding carboxylic acids is 1. The molecule has 1 aliphatic heterocycles. The number of nitrogens with zero attached hydrogens (tertiary/aromatic N) is 1. The summed E-state index contributed by atoms with van der Waals surface area (Å²) in [6, 6.07) is 5.39. The third-order valence-electron chi connectivity index (χ3n) is 4.58. The number of likely N-dealkylation sites (N-methyl/N-ethyl adjacent to an activating group) is 1. The minimum absolute atomic E-state index is 0.207. The summed E-state index contributed by atoms with van der Waals surface area (Å²) in [5.41, 5.74) is 8.11. The molecule has 5 nitrogen and oxygen atoms in total. The number of halogens is 2. The number of amides is 1. The number of nitrogens with two attached hydrogens (primary N) is 1. The van der Waals surface area contributed by atoms with Crippen molar-refractivity contribution in [3.63, 3.8) is 0 Å². The Bertz CT molecular complexity index is 1010. The quantitative estimate of drug-likeness (QED) is 0.641. The molecule has 0 saturated carbocycles. The average molecular weight is 375 g/mol. The van der Waals surface area contributed by atoms with Gasteiger partial charge in [-0.25, -0.2) is 13.8 Å². The Morgan fingerprint density at radius 2 is 2.08 bits per heavy atom. The molecule has 0 spiro atoms. The van der Waals surface area contributed by atoms with Gasteiger partial charge in [-0.3, -0.25) is 4.79 Å². The number of carbonyl (C=O) groups is 1. The van der Waals surface area contributed by atoms with Gasteiger partial charge in [0.05, 0.1) is 25.0 Å². The van der Waals surface area contributed by atoms with Crippen LogP contribution >= 0.6 is 11.3 Å². The minimum atomic E-state index is -0.836. The standard InChI is InChI=1S/C18H16F2N4OS/c1-24-6-5-13-9(8-24)7-10-14(21)16(26-18(10)22-13)17(25)23-15-11(19)3-2-4-12(15)20/h2-4,7H,5-6,8,21H2,1H3,(H,23,25)/p+1. The smallest absolute Gasteiger partial charge is 0.268 e. The number of pyridine rings is 1. The van der Waals surface area contributed by atoms with Gasteiger partial charge in [-0.1, -0.05) is 6.07 Å². The van der Waals surface area contributed by atoms with E-state index in [-0.39, 0.29) is 10.6 Å². The van der Waals surface area contributed by atoms with Crippen LogP contribution in [0.25, 0.3) is 10.2 Å². The molecule has 3 heterocycles. The Hall–Kier alpha value is -2.58. The Labute approximate surface area is 152 Å². The van der Waals surface area contributed by atoms with Crippen molar-refractivity contribution >= 4 is 38.8 Å². The lowest BCUT2D eigenvalue weighted by molar-refractivity contribution is -0.895. The molecule has 0 aliphatic carbocycles. The van der Waals surface area contributed by atoms with E-state index < -0.39 is 23.2 Å². The summed E-state index contributed by atoms with van der Waals surface area (Å²) in [7, 11) is 2.12. The van der Waals surface area contributed by atoms with Gasteiger partial charge in [0.15, 0.2) is 0 Å². The molecule has 2 aromatic heterocycles. The predicted molar refractivity (Wildman–Crippen MR) is 97.5 cm³/mol. The SMILES string of the molecule is C[NH+]1CCc2nc3sc(C(=O)Nc4c(F)cccc4F)c(N)c3cc2C1. The third-order valence-corrected chi connectivity index (χ3v) is 5.69. The van der Waals surface area contributed by atoms with Crippen LogP contribution in [-0.2, 0) is 13.0 Å². The third kappa shape index (κ3) is 2.81. The van der Waals surface area contributed by atoms with Gasteiger partial charge >= 0.3 is 0 Å². The number of hydrogen-bond acceptors (Lipinski definition) is 4. The van der Waals surface area contributed by atoms with E-state index in [0.717, 1.165) is 54.2 Å². The van der Waals surface area contributed by atoms with Crippen molar-refractivity contribution < 1.29 is 18.5 Å². The van der Waals surface area contributed by atoms with Crippen LogP contribution in [0.5, 0.6) is 0 Å². The number of quaternary nitrogens is 1. The van der Waals surface area contributed by atoms with Crippen molar-refractivity contribution in [3.8, 4) is 0 Å². The molecule has 1 unspecified atom stereocenters. The van der Waals surface area contributed by atoms with Crippen LogP contribution in [-0.4, -0.2) is 24.5 Å². The van der Waals surface area contributed by atoms with E-state index in [9.17, 15) is 13.6 Å². The fourth-order valence-electron chi connectivity index (χ4n) is 3.19. The summed E-state index contributed by atoms with van der Waals surface area (Å²) in [4.78, 5) is 19.5. The van der Waals surface area contributed by atoms with Gasteiger partial charge in [0.1, 0.15) is 33.6 Å². The van der Waals surface area contributed by atoms with E-state index in [1.54, 1.807) is 0 Å². The van der Waals surface area contributed by atoms with Crippen molar-refractivity contribution in [3.05, 3.63) is 52.0 Å². The lowest BCUT2D eigenvalue weighted by Crippen LogP contribution is -3.08. The lowest BCUT2D eigenvalue weighted by Gasteiger charge is -2.21. The number of nitrogens with one attached hydrogen (secondary N) is 2. The maximum atomic E-state index is 13.8. The Morgan fingerprint density at radius 1 is 1.35 bits per heavy atom. The van der Waals surface area contributed by atoms with Crippen LogP contribution in [0.2, 0.25) is 0 Å². The van der Waals surface area contributed by atoms with Crippen molar-refractivity contribution in [1.29, 1.82) is 0 Å². The molecule has 3 aromatic rings. The van der Waals surface area contributed by atoms with Crippen LogP contribution in [0.1, 0.15) is 20.9 Å². The van der Waals surface area contributed by atoms with Crippen LogP contribution < -0.4 is 16.0 Å². The molecule has 1 atom stereocenters. The summed E-state index contributed by atoms with van der Waals surface area (Å²) in [6.45, 7) is 1.86. The molecule has 4 N–H and O–H groups in total. The number of benzene rings is 1. The number of nitrogen functional groups attached to an aromatic ring is 1. The molecule has 26 heavy (non-hydrogen) atoms. The number of thiophene rings is 1. The number of hydrogen-bond donors (Lipinski definition) is 3. The summed E-state index contributed by atoms with van der Waals surface area (Å²) >= 11 is 1.14. The zero-order chi connectivity index (χ0) is 18.4. The number of rotatable bonds is 2. The summed E-state index contributed by atoms with van der Waals surface area (Å²) in [5, 5.41) is 2.99. The summed E-state index contributed by atoms with van der Waals surface area (Å²) in [5.74, 6) is -2.31. The molecule has 1 aliphatic rings. The summed E-state index contributed by atoms with van der Waals surface area (Å²) in [6.07, 6.45) is 0.872. The molecule has 4 rings (SSSR count). The zero-order valence-electron chi connectivity index (χ0n) is 14.0. The number of fused-ring (bicyclic) bond motifs is 2. The van der Waals surface area contributed by atoms with Gasteiger partial charge in [-0.2, -0.15) is 0 Å². The first-order chi connectivity index (χ1) is 12.4. The first-order valence-corrected chi connectivity index (χ1v) is 9.03. The van der Waals surface area contributed by atoms with Gasteiger partial charge < -0.3 is 16.0 Å². The Morgan fingerprint density at radius 3 is 2.81 bits per heavy atom. The van der Waals surface area contributed by atoms with E-state index in [1.165, 1.54) is 11.0 Å². The number of aromatic nitrogens is 1. The van der Waals surface area contributed by atoms with Crippen LogP contribution in [0, 0.1) is 11.6 Å². The van der Waals surface area contributed by atoms with E-state index >= 15 is 0 Å². The number of para-hydroxylation sites is 1. The van der Waals surface area contributed by atoms with Gasteiger partial charge in [-0.05, 0) is 18.2 Å². The fraction of sp³-hybridized carbons (Fsp3) is 0.222. The maximum absolute atomic E-state index is 13.8. The van der Waals surface area contributed by atoms with Crippen molar-refractivity contribution in [2.24, 2.45) is 0 Å². The zero-order valence-corrected chi connectivity index (χ0v) is 14.8. The second-order valence-corrected chi connectivity index (χ2v) is 7.48. The molecule has 1 aromatic carbocycles. The fourth-order valence-corrected chi connectivity index (χ4v) is 4.18. The summed E-state index contributed by atoms with van der Waals surface area (Å²) < 4.78 is 27.6. The first-order valence-electron chi connectivity index (χ1n) is 8.21. The van der Waals surface area contributed by atoms with E-state index in [2.05, 4.69) is 17.3 Å². The molecular formula is C18H17F2N4OS+. The van der Waals surface area contributed by atoms with E-state index in [4.69, 9.17) is 5.73 Å².